The third-order valence-electron chi connectivity index (χ3n) is 6.07. The number of aliphatic hydroxyl groups is 2. The first-order valence-corrected chi connectivity index (χ1v) is 7.30. The lowest BCUT2D eigenvalue weighted by atomic mass is 9.68. The average molecular weight is 254 g/mol. The molecule has 104 valence electrons. The maximum Gasteiger partial charge on any atom is 0.0945 e. The normalized spacial score (nSPS) is 59.2. The van der Waals surface area contributed by atoms with Gasteiger partial charge in [0.15, 0.2) is 0 Å². The SMILES string of the molecule is CC(C)[C@]1(O)CC[C@]2(C)C[C@H]3O[C@@]3(C)C[C@H](O)[C@H]21. The number of rotatable bonds is 1. The van der Waals surface area contributed by atoms with E-state index in [-0.39, 0.29) is 29.0 Å². The summed E-state index contributed by atoms with van der Waals surface area (Å²) in [7, 11) is 0. The zero-order chi connectivity index (χ0) is 13.3. The Morgan fingerprint density at radius 3 is 2.44 bits per heavy atom. The highest BCUT2D eigenvalue weighted by molar-refractivity contribution is 5.16. The fourth-order valence-corrected chi connectivity index (χ4v) is 4.76. The van der Waals surface area contributed by atoms with Gasteiger partial charge in [-0.3, -0.25) is 0 Å². The van der Waals surface area contributed by atoms with Crippen molar-refractivity contribution >= 4 is 0 Å². The zero-order valence-corrected chi connectivity index (χ0v) is 11.9. The minimum Gasteiger partial charge on any atom is -0.393 e. The van der Waals surface area contributed by atoms with Crippen molar-refractivity contribution in [3.05, 3.63) is 0 Å². The summed E-state index contributed by atoms with van der Waals surface area (Å²) in [6.45, 7) is 8.47. The molecular formula is C15H26O3. The van der Waals surface area contributed by atoms with Crippen LogP contribution >= 0.6 is 0 Å². The molecule has 0 unspecified atom stereocenters. The molecule has 2 saturated carbocycles. The Balaban J connectivity index is 1.97. The van der Waals surface area contributed by atoms with E-state index in [1.807, 2.05) is 0 Å². The molecule has 0 aromatic carbocycles. The molecule has 18 heavy (non-hydrogen) atoms. The van der Waals surface area contributed by atoms with Crippen LogP contribution in [0.15, 0.2) is 0 Å². The Bertz CT molecular complexity index is 369. The number of fused-ring (bicyclic) bond motifs is 2. The molecule has 0 spiro atoms. The van der Waals surface area contributed by atoms with Gasteiger partial charge in [-0.15, -0.1) is 0 Å². The Morgan fingerprint density at radius 1 is 1.17 bits per heavy atom. The van der Waals surface area contributed by atoms with E-state index < -0.39 is 11.7 Å². The first kappa shape index (κ1) is 12.9. The first-order chi connectivity index (χ1) is 8.21. The summed E-state index contributed by atoms with van der Waals surface area (Å²) in [5, 5.41) is 21.6. The van der Waals surface area contributed by atoms with Gasteiger partial charge in [-0.2, -0.15) is 0 Å². The molecule has 6 atom stereocenters. The van der Waals surface area contributed by atoms with Crippen molar-refractivity contribution < 1.29 is 14.9 Å². The highest BCUT2D eigenvalue weighted by Gasteiger charge is 2.66. The van der Waals surface area contributed by atoms with Gasteiger partial charge < -0.3 is 14.9 Å². The molecule has 3 fully saturated rings. The number of ether oxygens (including phenoxy) is 1. The predicted octanol–water partition coefficient (Wildman–Crippen LogP) is 2.10. The standard InChI is InChI=1S/C15H26O3/c1-9(2)15(17)6-5-13(3)8-11-14(4,18-11)7-10(16)12(13)15/h9-12,16-17H,5-8H2,1-4H3/t10-,11+,12+,13+,14-,15+/m0/s1. The van der Waals surface area contributed by atoms with Crippen LogP contribution in [0.3, 0.4) is 0 Å². The summed E-state index contributed by atoms with van der Waals surface area (Å²) >= 11 is 0. The van der Waals surface area contributed by atoms with Crippen LogP contribution in [0.5, 0.6) is 0 Å². The molecule has 0 aromatic heterocycles. The molecule has 1 saturated heterocycles. The second kappa shape index (κ2) is 3.50. The minimum atomic E-state index is -0.707. The van der Waals surface area contributed by atoms with E-state index in [4.69, 9.17) is 4.74 Å². The summed E-state index contributed by atoms with van der Waals surface area (Å²) in [6.07, 6.45) is 3.32. The van der Waals surface area contributed by atoms with Crippen LogP contribution in [0.1, 0.15) is 53.4 Å². The third kappa shape index (κ3) is 1.53. The van der Waals surface area contributed by atoms with E-state index in [1.54, 1.807) is 0 Å². The van der Waals surface area contributed by atoms with Crippen LogP contribution in [-0.4, -0.2) is 33.6 Å². The van der Waals surface area contributed by atoms with Gasteiger partial charge >= 0.3 is 0 Å². The second-order valence-electron chi connectivity index (χ2n) is 7.67. The van der Waals surface area contributed by atoms with Crippen LogP contribution in [0.2, 0.25) is 0 Å². The average Bonchev–Trinajstić information content (AvgIpc) is 2.74. The monoisotopic (exact) mass is 254 g/mol. The van der Waals surface area contributed by atoms with Crippen molar-refractivity contribution in [2.24, 2.45) is 17.3 Å². The first-order valence-electron chi connectivity index (χ1n) is 7.30. The summed E-state index contributed by atoms with van der Waals surface area (Å²) in [5.74, 6) is 0.195. The molecule has 0 radical (unpaired) electrons. The Morgan fingerprint density at radius 2 is 1.83 bits per heavy atom. The molecule has 1 aliphatic heterocycles. The smallest absolute Gasteiger partial charge is 0.0945 e. The Labute approximate surface area is 110 Å². The van der Waals surface area contributed by atoms with E-state index in [1.165, 1.54) is 0 Å². The molecule has 0 aromatic rings. The molecule has 2 aliphatic carbocycles. The van der Waals surface area contributed by atoms with Crippen molar-refractivity contribution in [3.8, 4) is 0 Å². The van der Waals surface area contributed by atoms with E-state index in [2.05, 4.69) is 27.7 Å². The van der Waals surface area contributed by atoms with Crippen molar-refractivity contribution in [1.82, 2.24) is 0 Å². The van der Waals surface area contributed by atoms with Gasteiger partial charge in [-0.1, -0.05) is 20.8 Å². The minimum absolute atomic E-state index is 0.00164. The van der Waals surface area contributed by atoms with Crippen molar-refractivity contribution in [3.63, 3.8) is 0 Å². The maximum atomic E-state index is 11.0. The van der Waals surface area contributed by atoms with Gasteiger partial charge in [-0.25, -0.2) is 0 Å². The maximum absolute atomic E-state index is 11.0. The number of epoxide rings is 1. The van der Waals surface area contributed by atoms with Gasteiger partial charge in [0.25, 0.3) is 0 Å². The molecule has 3 nitrogen and oxygen atoms in total. The molecule has 2 N–H and O–H groups in total. The second-order valence-corrected chi connectivity index (χ2v) is 7.67. The molecule has 3 rings (SSSR count). The summed E-state index contributed by atoms with van der Waals surface area (Å²) < 4.78 is 5.78. The molecular weight excluding hydrogens is 228 g/mol. The van der Waals surface area contributed by atoms with Gasteiger partial charge in [0, 0.05) is 12.3 Å². The van der Waals surface area contributed by atoms with Crippen LogP contribution in [0, 0.1) is 17.3 Å². The van der Waals surface area contributed by atoms with E-state index in [9.17, 15) is 10.2 Å². The van der Waals surface area contributed by atoms with E-state index >= 15 is 0 Å². The van der Waals surface area contributed by atoms with Crippen LogP contribution in [0.4, 0.5) is 0 Å². The van der Waals surface area contributed by atoms with E-state index in [0.717, 1.165) is 19.3 Å². The highest BCUT2D eigenvalue weighted by Crippen LogP contribution is 2.62. The van der Waals surface area contributed by atoms with Crippen molar-refractivity contribution in [2.75, 3.05) is 0 Å². The third-order valence-corrected chi connectivity index (χ3v) is 6.07. The Kier molecular flexibility index (Phi) is 2.51. The van der Waals surface area contributed by atoms with Gasteiger partial charge in [0.1, 0.15) is 0 Å². The topological polar surface area (TPSA) is 53.0 Å². The molecule has 0 bridgehead atoms. The largest absolute Gasteiger partial charge is 0.393 e. The van der Waals surface area contributed by atoms with E-state index in [0.29, 0.717) is 6.42 Å². The highest BCUT2D eigenvalue weighted by atomic mass is 16.6. The van der Waals surface area contributed by atoms with Crippen molar-refractivity contribution in [1.29, 1.82) is 0 Å². The van der Waals surface area contributed by atoms with Gasteiger partial charge in [-0.05, 0) is 37.5 Å². The molecule has 3 heteroatoms. The molecule has 1 heterocycles. The lowest BCUT2D eigenvalue weighted by molar-refractivity contribution is -0.116. The zero-order valence-electron chi connectivity index (χ0n) is 11.9. The van der Waals surface area contributed by atoms with Crippen LogP contribution < -0.4 is 0 Å². The lowest BCUT2D eigenvalue weighted by Gasteiger charge is -2.42. The summed E-state index contributed by atoms with van der Waals surface area (Å²) in [4.78, 5) is 0. The summed E-state index contributed by atoms with van der Waals surface area (Å²) in [6, 6.07) is 0. The molecule has 3 aliphatic rings. The van der Waals surface area contributed by atoms with Crippen LogP contribution in [-0.2, 0) is 4.74 Å². The fraction of sp³-hybridized carbons (Fsp3) is 1.00. The number of hydrogen-bond acceptors (Lipinski definition) is 3. The molecule has 0 amide bonds. The fourth-order valence-electron chi connectivity index (χ4n) is 4.76. The number of hydrogen-bond donors (Lipinski definition) is 2. The van der Waals surface area contributed by atoms with Gasteiger partial charge in [0.2, 0.25) is 0 Å². The predicted molar refractivity (Wildman–Crippen MR) is 69.1 cm³/mol. The summed E-state index contributed by atoms with van der Waals surface area (Å²) in [5.41, 5.74) is -0.816. The van der Waals surface area contributed by atoms with Crippen LogP contribution in [0.25, 0.3) is 0 Å². The van der Waals surface area contributed by atoms with Crippen molar-refractivity contribution in [2.45, 2.75) is 76.8 Å². The Hall–Kier alpha value is -0.120. The number of aliphatic hydroxyl groups excluding tert-OH is 1. The lowest BCUT2D eigenvalue weighted by Crippen LogP contribution is -2.49. The van der Waals surface area contributed by atoms with Gasteiger partial charge in [0.05, 0.1) is 23.4 Å². The quantitative estimate of drug-likeness (QED) is 0.705.